The summed E-state index contributed by atoms with van der Waals surface area (Å²) >= 11 is 0. The number of aliphatic imine (C=N–C) groups is 1. The Morgan fingerprint density at radius 1 is 1.44 bits per heavy atom. The van der Waals surface area contributed by atoms with E-state index in [9.17, 15) is 0 Å². The van der Waals surface area contributed by atoms with Crippen LogP contribution in [0, 0.1) is 22.7 Å². The van der Waals surface area contributed by atoms with Crippen molar-refractivity contribution in [1.29, 1.82) is 10.5 Å². The molecule has 0 unspecified atom stereocenters. The van der Waals surface area contributed by atoms with Crippen LogP contribution in [0.3, 0.4) is 0 Å². The van der Waals surface area contributed by atoms with Gasteiger partial charge in [0.2, 0.25) is 11.4 Å². The molecule has 0 aliphatic carbocycles. The molecule has 0 fully saturated rings. The van der Waals surface area contributed by atoms with Crippen molar-refractivity contribution in [2.45, 2.75) is 38.6 Å². The van der Waals surface area contributed by atoms with Crippen LogP contribution in [0.4, 0.5) is 0 Å². The molecular formula is C12H15N3O. The number of nitriles is 2. The van der Waals surface area contributed by atoms with Gasteiger partial charge < -0.3 is 4.74 Å². The molecule has 16 heavy (non-hydrogen) atoms. The lowest BCUT2D eigenvalue weighted by Gasteiger charge is -2.21. The van der Waals surface area contributed by atoms with Crippen LogP contribution >= 0.6 is 0 Å². The van der Waals surface area contributed by atoms with Gasteiger partial charge in [0.25, 0.3) is 0 Å². The Morgan fingerprint density at radius 2 is 2.12 bits per heavy atom. The van der Waals surface area contributed by atoms with Gasteiger partial charge in [-0.25, -0.2) is 4.99 Å². The largest absolute Gasteiger partial charge is 0.478 e. The molecule has 1 aliphatic heterocycles. The van der Waals surface area contributed by atoms with E-state index in [0.29, 0.717) is 18.9 Å². The van der Waals surface area contributed by atoms with Crippen molar-refractivity contribution >= 4 is 5.90 Å². The summed E-state index contributed by atoms with van der Waals surface area (Å²) in [5, 5.41) is 18.0. The van der Waals surface area contributed by atoms with E-state index in [1.165, 1.54) is 0 Å². The maximum atomic E-state index is 8.98. The van der Waals surface area contributed by atoms with Crippen LogP contribution in [0.25, 0.3) is 0 Å². The van der Waals surface area contributed by atoms with Gasteiger partial charge in [0, 0.05) is 12.0 Å². The average Bonchev–Trinajstić information content (AvgIpc) is 2.32. The van der Waals surface area contributed by atoms with Gasteiger partial charge in [-0.3, -0.25) is 0 Å². The van der Waals surface area contributed by atoms with Crippen molar-refractivity contribution in [1.82, 2.24) is 0 Å². The third kappa shape index (κ3) is 2.41. The van der Waals surface area contributed by atoms with Crippen molar-refractivity contribution in [3.8, 4) is 12.1 Å². The number of dihydropyridines is 1. The normalized spacial score (nSPS) is 17.8. The van der Waals surface area contributed by atoms with Crippen LogP contribution in [0.15, 0.2) is 16.6 Å². The highest BCUT2D eigenvalue weighted by Gasteiger charge is 2.33. The fourth-order valence-electron chi connectivity index (χ4n) is 1.56. The molecule has 4 nitrogen and oxygen atoms in total. The molecule has 0 saturated heterocycles. The second-order valence-electron chi connectivity index (χ2n) is 3.62. The average molecular weight is 217 g/mol. The van der Waals surface area contributed by atoms with E-state index in [0.717, 1.165) is 18.4 Å². The predicted molar refractivity (Wildman–Crippen MR) is 60.6 cm³/mol. The Kier molecular flexibility index (Phi) is 4.08. The van der Waals surface area contributed by atoms with Crippen molar-refractivity contribution in [3.63, 3.8) is 0 Å². The minimum Gasteiger partial charge on any atom is -0.478 e. The lowest BCUT2D eigenvalue weighted by atomic mass is 9.93. The Bertz CT molecular complexity index is 381. The summed E-state index contributed by atoms with van der Waals surface area (Å²) in [5.74, 6) is 0.457. The fourth-order valence-corrected chi connectivity index (χ4v) is 1.56. The van der Waals surface area contributed by atoms with Crippen LogP contribution < -0.4 is 0 Å². The molecule has 0 spiro atoms. The van der Waals surface area contributed by atoms with E-state index < -0.39 is 5.54 Å². The highest BCUT2D eigenvalue weighted by Crippen LogP contribution is 2.25. The maximum absolute atomic E-state index is 8.98. The van der Waals surface area contributed by atoms with Gasteiger partial charge in [-0.1, -0.05) is 19.4 Å². The molecule has 0 bridgehead atoms. The van der Waals surface area contributed by atoms with Crippen LogP contribution in [0.1, 0.15) is 33.1 Å². The summed E-state index contributed by atoms with van der Waals surface area (Å²) < 4.78 is 5.39. The summed E-state index contributed by atoms with van der Waals surface area (Å²) in [5.41, 5.74) is -0.285. The molecule has 0 aromatic heterocycles. The summed E-state index contributed by atoms with van der Waals surface area (Å²) in [6, 6.07) is 3.89. The van der Waals surface area contributed by atoms with Crippen LogP contribution in [0.2, 0.25) is 0 Å². The zero-order valence-electron chi connectivity index (χ0n) is 9.66. The fraction of sp³-hybridized carbons (Fsp3) is 0.583. The number of nitrogens with zero attached hydrogens (tertiary/aromatic N) is 3. The van der Waals surface area contributed by atoms with Gasteiger partial charge in [-0.2, -0.15) is 10.5 Å². The Morgan fingerprint density at radius 3 is 2.62 bits per heavy atom. The third-order valence-electron chi connectivity index (χ3n) is 2.38. The quantitative estimate of drug-likeness (QED) is 0.728. The zero-order chi connectivity index (χ0) is 12.0. The van der Waals surface area contributed by atoms with Crippen LogP contribution in [-0.2, 0) is 4.74 Å². The SMILES string of the molecule is CCCC1=CCC(C#N)(C#N)N=C1OCC. The van der Waals surface area contributed by atoms with Gasteiger partial charge in [0.15, 0.2) is 0 Å². The van der Waals surface area contributed by atoms with E-state index in [-0.39, 0.29) is 0 Å². The first-order valence-corrected chi connectivity index (χ1v) is 5.46. The topological polar surface area (TPSA) is 69.2 Å². The number of hydrogen-bond acceptors (Lipinski definition) is 4. The van der Waals surface area contributed by atoms with Gasteiger partial charge in [0.1, 0.15) is 12.1 Å². The lowest BCUT2D eigenvalue weighted by molar-refractivity contribution is 0.320. The van der Waals surface area contributed by atoms with Crippen LogP contribution in [0.5, 0.6) is 0 Å². The van der Waals surface area contributed by atoms with E-state index in [4.69, 9.17) is 15.3 Å². The minimum atomic E-state index is -1.29. The molecule has 0 aromatic rings. The summed E-state index contributed by atoms with van der Waals surface area (Å²) in [6.45, 7) is 4.43. The summed E-state index contributed by atoms with van der Waals surface area (Å²) in [4.78, 5) is 4.14. The maximum Gasteiger partial charge on any atom is 0.238 e. The molecule has 0 N–H and O–H groups in total. The van der Waals surface area contributed by atoms with Crippen molar-refractivity contribution in [2.75, 3.05) is 6.61 Å². The molecule has 4 heteroatoms. The van der Waals surface area contributed by atoms with Crippen molar-refractivity contribution in [2.24, 2.45) is 4.99 Å². The second kappa shape index (κ2) is 5.32. The highest BCUT2D eigenvalue weighted by molar-refractivity contribution is 5.95. The number of rotatable bonds is 3. The lowest BCUT2D eigenvalue weighted by Crippen LogP contribution is -2.28. The zero-order valence-corrected chi connectivity index (χ0v) is 9.66. The van der Waals surface area contributed by atoms with E-state index in [2.05, 4.69) is 11.9 Å². The summed E-state index contributed by atoms with van der Waals surface area (Å²) in [7, 11) is 0. The number of hydrogen-bond donors (Lipinski definition) is 0. The highest BCUT2D eigenvalue weighted by atomic mass is 16.5. The molecule has 0 saturated carbocycles. The molecule has 1 heterocycles. The van der Waals surface area contributed by atoms with E-state index in [1.54, 1.807) is 0 Å². The van der Waals surface area contributed by atoms with Crippen molar-refractivity contribution < 1.29 is 4.74 Å². The predicted octanol–water partition coefficient (Wildman–Crippen LogP) is 2.34. The first-order chi connectivity index (χ1) is 7.71. The molecular weight excluding hydrogens is 202 g/mol. The standard InChI is InChI=1S/C12H15N3O/c1-3-5-10-6-7-12(8-13,9-14)15-11(10)16-4-2/h6H,3-5,7H2,1-2H3. The molecule has 84 valence electrons. The summed E-state index contributed by atoms with van der Waals surface area (Å²) in [6.07, 6.45) is 4.11. The van der Waals surface area contributed by atoms with Crippen molar-refractivity contribution in [3.05, 3.63) is 11.6 Å². The molecule has 0 atom stereocenters. The first kappa shape index (κ1) is 12.3. The molecule has 1 rings (SSSR count). The molecule has 0 aromatic carbocycles. The monoisotopic (exact) mass is 217 g/mol. The molecule has 1 aliphatic rings. The van der Waals surface area contributed by atoms with E-state index >= 15 is 0 Å². The van der Waals surface area contributed by atoms with E-state index in [1.807, 2.05) is 25.1 Å². The Balaban J connectivity index is 3.00. The van der Waals surface area contributed by atoms with Gasteiger partial charge in [-0.15, -0.1) is 0 Å². The minimum absolute atomic E-state index is 0.353. The van der Waals surface area contributed by atoms with Crippen LogP contribution in [-0.4, -0.2) is 18.0 Å². The Hall–Kier alpha value is -1.81. The second-order valence-corrected chi connectivity index (χ2v) is 3.62. The van der Waals surface area contributed by atoms with Gasteiger partial charge in [-0.05, 0) is 13.3 Å². The molecule has 0 radical (unpaired) electrons. The smallest absolute Gasteiger partial charge is 0.238 e. The third-order valence-corrected chi connectivity index (χ3v) is 2.38. The number of ether oxygens (including phenoxy) is 1. The van der Waals surface area contributed by atoms with Gasteiger partial charge in [0.05, 0.1) is 6.61 Å². The Labute approximate surface area is 95.9 Å². The molecule has 0 amide bonds. The first-order valence-electron chi connectivity index (χ1n) is 5.46. The van der Waals surface area contributed by atoms with Gasteiger partial charge >= 0.3 is 0 Å².